The van der Waals surface area contributed by atoms with Crippen molar-refractivity contribution in [3.05, 3.63) is 29.8 Å². The summed E-state index contributed by atoms with van der Waals surface area (Å²) in [5, 5.41) is 9.51. The van der Waals surface area contributed by atoms with Crippen molar-refractivity contribution in [2.24, 2.45) is 5.73 Å². The van der Waals surface area contributed by atoms with Crippen molar-refractivity contribution in [1.29, 1.82) is 0 Å². The number of phenolic OH excluding ortho intramolecular Hbond substituents is 1. The first kappa shape index (κ1) is 16.9. The first-order valence-corrected chi connectivity index (χ1v) is 8.74. The van der Waals surface area contributed by atoms with Gasteiger partial charge in [-0.15, -0.1) is 0 Å². The summed E-state index contributed by atoms with van der Waals surface area (Å²) < 4.78 is 0. The lowest BCUT2D eigenvalue weighted by molar-refractivity contribution is -0.124. The quantitative estimate of drug-likeness (QED) is 0.849. The number of nitrogens with two attached hydrogens (primary N) is 1. The highest BCUT2D eigenvalue weighted by Crippen LogP contribution is 2.37. The second kappa shape index (κ2) is 8.21. The molecule has 122 valence electrons. The minimum absolute atomic E-state index is 0.213. The van der Waals surface area contributed by atoms with Crippen molar-refractivity contribution in [2.45, 2.75) is 76.0 Å². The topological polar surface area (TPSA) is 63.3 Å². The minimum atomic E-state index is -0.563. The fourth-order valence-corrected chi connectivity index (χ4v) is 3.67. The summed E-state index contributed by atoms with van der Waals surface area (Å²) in [5.41, 5.74) is 6.26. The number of carbonyl (C=O) groups is 1. The van der Waals surface area contributed by atoms with Crippen molar-refractivity contribution < 1.29 is 9.90 Å². The molecule has 0 heterocycles. The normalized spacial score (nSPS) is 20.5. The Balaban J connectivity index is 2.22. The Hall–Kier alpha value is -1.51. The van der Waals surface area contributed by atoms with Crippen LogP contribution in [-0.2, 0) is 10.2 Å². The van der Waals surface area contributed by atoms with Gasteiger partial charge >= 0.3 is 0 Å². The van der Waals surface area contributed by atoms with Gasteiger partial charge in [0, 0.05) is 0 Å². The first-order chi connectivity index (χ1) is 10.6. The van der Waals surface area contributed by atoms with Crippen molar-refractivity contribution in [1.82, 2.24) is 0 Å². The van der Waals surface area contributed by atoms with Crippen LogP contribution in [0.5, 0.6) is 5.75 Å². The lowest BCUT2D eigenvalue weighted by atomic mass is 9.71. The highest BCUT2D eigenvalue weighted by atomic mass is 16.3. The molecule has 1 saturated carbocycles. The van der Waals surface area contributed by atoms with Gasteiger partial charge in [-0.2, -0.15) is 0 Å². The SMILES string of the molecule is NC(=O)C1(c2ccc(O)cc2)CCCCCCCCCCC1. The second-order valence-corrected chi connectivity index (χ2v) is 6.68. The van der Waals surface area contributed by atoms with Gasteiger partial charge in [0.15, 0.2) is 0 Å². The van der Waals surface area contributed by atoms with Crippen molar-refractivity contribution in [3.63, 3.8) is 0 Å². The highest BCUT2D eigenvalue weighted by Gasteiger charge is 2.37. The third-order valence-corrected chi connectivity index (χ3v) is 5.10. The van der Waals surface area contributed by atoms with Crippen LogP contribution in [0.25, 0.3) is 0 Å². The Bertz CT molecular complexity index is 455. The number of primary amides is 1. The standard InChI is InChI=1S/C19H29NO2/c20-18(22)19(16-10-12-17(21)13-11-16)14-8-6-4-2-1-3-5-7-9-15-19/h10-13,21H,1-9,14-15H2,(H2,20,22). The van der Waals surface area contributed by atoms with E-state index in [1.807, 2.05) is 12.1 Å². The smallest absolute Gasteiger partial charge is 0.228 e. The van der Waals surface area contributed by atoms with Crippen LogP contribution in [0.4, 0.5) is 0 Å². The average Bonchev–Trinajstić information content (AvgIpc) is 2.49. The van der Waals surface area contributed by atoms with E-state index in [2.05, 4.69) is 0 Å². The van der Waals surface area contributed by atoms with Crippen molar-refractivity contribution >= 4 is 5.91 Å². The largest absolute Gasteiger partial charge is 0.508 e. The number of aromatic hydroxyl groups is 1. The summed E-state index contributed by atoms with van der Waals surface area (Å²) in [6.07, 6.45) is 12.6. The minimum Gasteiger partial charge on any atom is -0.508 e. The summed E-state index contributed by atoms with van der Waals surface area (Å²) in [4.78, 5) is 12.3. The molecule has 0 spiro atoms. The van der Waals surface area contributed by atoms with Crippen LogP contribution in [0, 0.1) is 0 Å². The fraction of sp³-hybridized carbons (Fsp3) is 0.632. The summed E-state index contributed by atoms with van der Waals surface area (Å²) in [6, 6.07) is 7.06. The number of benzene rings is 1. The summed E-state index contributed by atoms with van der Waals surface area (Å²) in [5.74, 6) is 0.0202. The molecule has 3 N–H and O–H groups in total. The number of hydrogen-bond acceptors (Lipinski definition) is 2. The van der Waals surface area contributed by atoms with Gasteiger partial charge in [0.05, 0.1) is 5.41 Å². The molecule has 0 radical (unpaired) electrons. The molecule has 1 aromatic rings. The van der Waals surface area contributed by atoms with Crippen LogP contribution in [0.2, 0.25) is 0 Å². The molecule has 0 aliphatic heterocycles. The summed E-state index contributed by atoms with van der Waals surface area (Å²) in [6.45, 7) is 0. The Morgan fingerprint density at radius 1 is 0.818 bits per heavy atom. The van der Waals surface area contributed by atoms with E-state index in [1.54, 1.807) is 12.1 Å². The fourth-order valence-electron chi connectivity index (χ4n) is 3.67. The van der Waals surface area contributed by atoms with Gasteiger partial charge in [0.1, 0.15) is 5.75 Å². The molecule has 3 nitrogen and oxygen atoms in total. The number of carbonyl (C=O) groups excluding carboxylic acids is 1. The predicted octanol–water partition coefficient (Wildman–Crippen LogP) is 4.42. The van der Waals surface area contributed by atoms with Gasteiger partial charge in [0.2, 0.25) is 5.91 Å². The molecule has 0 atom stereocenters. The molecule has 22 heavy (non-hydrogen) atoms. The number of rotatable bonds is 2. The van der Waals surface area contributed by atoms with Crippen molar-refractivity contribution in [3.8, 4) is 5.75 Å². The Kier molecular flexibility index (Phi) is 6.29. The molecular weight excluding hydrogens is 274 g/mol. The van der Waals surface area contributed by atoms with Gasteiger partial charge in [0.25, 0.3) is 0 Å². The zero-order valence-corrected chi connectivity index (χ0v) is 13.5. The van der Waals surface area contributed by atoms with Gasteiger partial charge < -0.3 is 10.8 Å². The van der Waals surface area contributed by atoms with Crippen LogP contribution < -0.4 is 5.73 Å². The third-order valence-electron chi connectivity index (χ3n) is 5.10. The zero-order chi connectivity index (χ0) is 15.8. The molecule has 0 saturated heterocycles. The van der Waals surface area contributed by atoms with Crippen LogP contribution in [0.15, 0.2) is 24.3 Å². The van der Waals surface area contributed by atoms with Crippen LogP contribution >= 0.6 is 0 Å². The average molecular weight is 303 g/mol. The summed E-state index contributed by atoms with van der Waals surface area (Å²) in [7, 11) is 0. The van der Waals surface area contributed by atoms with Gasteiger partial charge in [-0.1, -0.05) is 69.9 Å². The summed E-state index contributed by atoms with van der Waals surface area (Å²) >= 11 is 0. The molecular formula is C19H29NO2. The lowest BCUT2D eigenvalue weighted by Crippen LogP contribution is -2.41. The number of amides is 1. The molecule has 3 heteroatoms. The Morgan fingerprint density at radius 2 is 1.23 bits per heavy atom. The third kappa shape index (κ3) is 4.25. The van der Waals surface area contributed by atoms with Crippen LogP contribution in [0.1, 0.15) is 76.2 Å². The molecule has 1 amide bonds. The number of phenols is 1. The van der Waals surface area contributed by atoms with E-state index in [0.717, 1.165) is 31.2 Å². The van der Waals surface area contributed by atoms with E-state index in [0.29, 0.717) is 0 Å². The molecule has 1 aliphatic rings. The maximum absolute atomic E-state index is 12.3. The van der Waals surface area contributed by atoms with E-state index in [-0.39, 0.29) is 11.7 Å². The maximum Gasteiger partial charge on any atom is 0.228 e. The molecule has 1 aliphatic carbocycles. The Labute approximate surface area is 133 Å². The van der Waals surface area contributed by atoms with Gasteiger partial charge in [-0.3, -0.25) is 4.79 Å². The van der Waals surface area contributed by atoms with E-state index in [4.69, 9.17) is 5.73 Å². The molecule has 0 aromatic heterocycles. The molecule has 0 bridgehead atoms. The molecule has 0 unspecified atom stereocenters. The number of hydrogen-bond donors (Lipinski definition) is 2. The monoisotopic (exact) mass is 303 g/mol. The van der Waals surface area contributed by atoms with Crippen LogP contribution in [0.3, 0.4) is 0 Å². The second-order valence-electron chi connectivity index (χ2n) is 6.68. The van der Waals surface area contributed by atoms with Crippen LogP contribution in [-0.4, -0.2) is 11.0 Å². The van der Waals surface area contributed by atoms with E-state index < -0.39 is 5.41 Å². The molecule has 2 rings (SSSR count). The van der Waals surface area contributed by atoms with Gasteiger partial charge in [-0.05, 0) is 30.5 Å². The van der Waals surface area contributed by atoms with E-state index in [1.165, 1.54) is 44.9 Å². The first-order valence-electron chi connectivity index (χ1n) is 8.74. The zero-order valence-electron chi connectivity index (χ0n) is 13.5. The van der Waals surface area contributed by atoms with E-state index in [9.17, 15) is 9.90 Å². The highest BCUT2D eigenvalue weighted by molar-refractivity contribution is 5.86. The van der Waals surface area contributed by atoms with Crippen molar-refractivity contribution in [2.75, 3.05) is 0 Å². The molecule has 1 fully saturated rings. The van der Waals surface area contributed by atoms with E-state index >= 15 is 0 Å². The molecule has 1 aromatic carbocycles. The maximum atomic E-state index is 12.3. The predicted molar refractivity (Wildman–Crippen MR) is 89.8 cm³/mol. The Morgan fingerprint density at radius 3 is 1.64 bits per heavy atom. The van der Waals surface area contributed by atoms with Gasteiger partial charge in [-0.25, -0.2) is 0 Å². The lowest BCUT2D eigenvalue weighted by Gasteiger charge is -2.32.